The van der Waals surface area contributed by atoms with Crippen LogP contribution in [0.2, 0.25) is 0 Å². The van der Waals surface area contributed by atoms with Crippen LogP contribution in [0.15, 0.2) is 6.07 Å². The Labute approximate surface area is 110 Å². The average Bonchev–Trinajstić information content (AvgIpc) is 2.36. The summed E-state index contributed by atoms with van der Waals surface area (Å²) >= 11 is 0. The van der Waals surface area contributed by atoms with E-state index in [2.05, 4.69) is 20.9 Å². The molecule has 1 aromatic heterocycles. The molecule has 0 aliphatic heterocycles. The van der Waals surface area contributed by atoms with Gasteiger partial charge in [-0.25, -0.2) is 18.6 Å². The molecule has 19 heavy (non-hydrogen) atoms. The maximum atomic E-state index is 13.4. The van der Waals surface area contributed by atoms with E-state index in [0.717, 1.165) is 6.07 Å². The van der Waals surface area contributed by atoms with E-state index in [0.29, 0.717) is 6.54 Å². The third-order valence-electron chi connectivity index (χ3n) is 2.27. The number of amides is 2. The molecule has 0 aliphatic carbocycles. The van der Waals surface area contributed by atoms with E-state index >= 15 is 0 Å². The van der Waals surface area contributed by atoms with Crippen LogP contribution in [0.3, 0.4) is 0 Å². The Kier molecular flexibility index (Phi) is 5.28. The number of carbonyl (C=O) groups is 1. The number of pyridine rings is 1. The molecule has 3 N–H and O–H groups in total. The third kappa shape index (κ3) is 4.23. The van der Waals surface area contributed by atoms with Crippen molar-refractivity contribution in [2.24, 2.45) is 0 Å². The number of carbonyl (C=O) groups excluding carboxylic acids is 1. The summed E-state index contributed by atoms with van der Waals surface area (Å²) in [6.07, 6.45) is 0. The van der Waals surface area contributed by atoms with Crippen LogP contribution < -0.4 is 16.0 Å². The van der Waals surface area contributed by atoms with Crippen LogP contribution in [0.5, 0.6) is 0 Å². The predicted molar refractivity (Wildman–Crippen MR) is 69.3 cm³/mol. The molecule has 1 aromatic rings. The van der Waals surface area contributed by atoms with E-state index < -0.39 is 11.6 Å². The molecular weight excluding hydrogens is 256 g/mol. The molecule has 0 saturated heterocycles. The van der Waals surface area contributed by atoms with Gasteiger partial charge >= 0.3 is 6.03 Å². The number of nitrogens with one attached hydrogen (secondary N) is 3. The third-order valence-corrected chi connectivity index (χ3v) is 2.27. The van der Waals surface area contributed by atoms with Gasteiger partial charge in [-0.15, -0.1) is 0 Å². The van der Waals surface area contributed by atoms with Crippen molar-refractivity contribution in [3.05, 3.63) is 17.7 Å². The fourth-order valence-electron chi connectivity index (χ4n) is 1.27. The molecule has 2 amide bonds. The number of nitrogens with zero attached hydrogens (tertiary/aromatic N) is 2. The number of urea groups is 1. The molecule has 0 aliphatic rings. The van der Waals surface area contributed by atoms with Crippen LogP contribution in [0.1, 0.15) is 0 Å². The smallest absolute Gasteiger partial charge is 0.316 e. The standard InChI is InChI=1S/C11H17F2N5O/c1-14-9-7(12)6-8(13)10(17-9)15-4-5-16-11(19)18(2)3/h6H,4-5H2,1-3H3,(H,16,19)(H2,14,15,17). The Balaban J connectivity index is 2.52. The van der Waals surface area contributed by atoms with Crippen LogP contribution in [0.4, 0.5) is 25.2 Å². The Morgan fingerprint density at radius 1 is 1.26 bits per heavy atom. The molecule has 8 heteroatoms. The predicted octanol–water partition coefficient (Wildman–Crippen LogP) is 1.08. The molecule has 0 aromatic carbocycles. The van der Waals surface area contributed by atoms with Crippen molar-refractivity contribution in [3.8, 4) is 0 Å². The van der Waals surface area contributed by atoms with Gasteiger partial charge in [0.15, 0.2) is 23.3 Å². The Hall–Kier alpha value is -2.12. The first kappa shape index (κ1) is 14.9. The fraction of sp³-hybridized carbons (Fsp3) is 0.455. The molecule has 0 saturated carbocycles. The topological polar surface area (TPSA) is 69.3 Å². The Bertz CT molecular complexity index is 453. The molecule has 0 bridgehead atoms. The minimum atomic E-state index is -0.782. The van der Waals surface area contributed by atoms with Gasteiger partial charge in [0.05, 0.1) is 0 Å². The number of rotatable bonds is 5. The molecule has 0 radical (unpaired) electrons. The second-order valence-corrected chi connectivity index (χ2v) is 3.95. The largest absolute Gasteiger partial charge is 0.371 e. The minimum absolute atomic E-state index is 0.0405. The van der Waals surface area contributed by atoms with Gasteiger partial charge in [-0.1, -0.05) is 0 Å². The average molecular weight is 273 g/mol. The molecule has 0 unspecified atom stereocenters. The van der Waals surface area contributed by atoms with Crippen molar-refractivity contribution < 1.29 is 13.6 Å². The van der Waals surface area contributed by atoms with E-state index in [1.807, 2.05) is 0 Å². The molecular formula is C11H17F2N5O. The molecule has 1 rings (SSSR count). The van der Waals surface area contributed by atoms with Crippen LogP contribution in [0.25, 0.3) is 0 Å². The zero-order valence-electron chi connectivity index (χ0n) is 11.1. The van der Waals surface area contributed by atoms with Crippen LogP contribution in [-0.2, 0) is 0 Å². The summed E-state index contributed by atoms with van der Waals surface area (Å²) in [7, 11) is 4.72. The van der Waals surface area contributed by atoms with Crippen molar-refractivity contribution in [1.82, 2.24) is 15.2 Å². The summed E-state index contributed by atoms with van der Waals surface area (Å²) in [6.45, 7) is 0.572. The fourth-order valence-corrected chi connectivity index (χ4v) is 1.27. The highest BCUT2D eigenvalue weighted by atomic mass is 19.1. The highest BCUT2D eigenvalue weighted by molar-refractivity contribution is 5.73. The van der Waals surface area contributed by atoms with Crippen molar-refractivity contribution >= 4 is 17.7 Å². The SMILES string of the molecule is CNc1nc(NCCNC(=O)N(C)C)c(F)cc1F. The maximum absolute atomic E-state index is 13.4. The summed E-state index contributed by atoms with van der Waals surface area (Å²) in [5.74, 6) is -1.65. The van der Waals surface area contributed by atoms with Gasteiger partial charge in [0.2, 0.25) is 0 Å². The first-order valence-electron chi connectivity index (χ1n) is 5.68. The van der Waals surface area contributed by atoms with Crippen molar-refractivity contribution in [1.29, 1.82) is 0 Å². The first-order valence-corrected chi connectivity index (χ1v) is 5.68. The molecule has 0 atom stereocenters. The van der Waals surface area contributed by atoms with Crippen LogP contribution >= 0.6 is 0 Å². The Morgan fingerprint density at radius 3 is 2.47 bits per heavy atom. The zero-order chi connectivity index (χ0) is 14.4. The zero-order valence-corrected chi connectivity index (χ0v) is 11.1. The number of hydrogen-bond acceptors (Lipinski definition) is 4. The van der Waals surface area contributed by atoms with Gasteiger partial charge in [0.1, 0.15) is 0 Å². The molecule has 106 valence electrons. The summed E-state index contributed by atoms with van der Waals surface area (Å²) < 4.78 is 26.6. The lowest BCUT2D eigenvalue weighted by Crippen LogP contribution is -2.37. The number of hydrogen-bond donors (Lipinski definition) is 3. The van der Waals surface area contributed by atoms with Crippen LogP contribution in [-0.4, -0.2) is 50.1 Å². The van der Waals surface area contributed by atoms with E-state index in [1.54, 1.807) is 14.1 Å². The van der Waals surface area contributed by atoms with E-state index in [1.165, 1.54) is 11.9 Å². The monoisotopic (exact) mass is 273 g/mol. The lowest BCUT2D eigenvalue weighted by atomic mass is 10.4. The molecule has 0 spiro atoms. The van der Waals surface area contributed by atoms with Gasteiger partial charge in [-0.2, -0.15) is 0 Å². The summed E-state index contributed by atoms with van der Waals surface area (Å²) in [4.78, 5) is 16.3. The van der Waals surface area contributed by atoms with E-state index in [-0.39, 0.29) is 24.2 Å². The summed E-state index contributed by atoms with van der Waals surface area (Å²) in [5.41, 5.74) is 0. The number of aromatic nitrogens is 1. The number of halogens is 2. The second-order valence-electron chi connectivity index (χ2n) is 3.95. The van der Waals surface area contributed by atoms with Crippen LogP contribution in [0, 0.1) is 11.6 Å². The lowest BCUT2D eigenvalue weighted by molar-refractivity contribution is 0.218. The van der Waals surface area contributed by atoms with E-state index in [9.17, 15) is 13.6 Å². The van der Waals surface area contributed by atoms with E-state index in [4.69, 9.17) is 0 Å². The minimum Gasteiger partial charge on any atom is -0.371 e. The highest BCUT2D eigenvalue weighted by Gasteiger charge is 2.10. The molecule has 1 heterocycles. The maximum Gasteiger partial charge on any atom is 0.316 e. The highest BCUT2D eigenvalue weighted by Crippen LogP contribution is 2.17. The van der Waals surface area contributed by atoms with Crippen molar-refractivity contribution in [2.75, 3.05) is 44.9 Å². The van der Waals surface area contributed by atoms with Crippen molar-refractivity contribution in [3.63, 3.8) is 0 Å². The first-order chi connectivity index (χ1) is 8.95. The second kappa shape index (κ2) is 6.72. The quantitative estimate of drug-likeness (QED) is 0.702. The summed E-state index contributed by atoms with van der Waals surface area (Å²) in [5, 5.41) is 7.80. The van der Waals surface area contributed by atoms with Gasteiger partial charge in [0.25, 0.3) is 0 Å². The van der Waals surface area contributed by atoms with Gasteiger partial charge < -0.3 is 20.9 Å². The van der Waals surface area contributed by atoms with Gasteiger partial charge in [-0.05, 0) is 0 Å². The van der Waals surface area contributed by atoms with Gasteiger partial charge in [-0.3, -0.25) is 0 Å². The lowest BCUT2D eigenvalue weighted by Gasteiger charge is -2.13. The molecule has 6 nitrogen and oxygen atoms in total. The Morgan fingerprint density at radius 2 is 1.89 bits per heavy atom. The number of anilines is 2. The van der Waals surface area contributed by atoms with Crippen molar-refractivity contribution in [2.45, 2.75) is 0 Å². The normalized spacial score (nSPS) is 9.95. The molecule has 0 fully saturated rings. The van der Waals surface area contributed by atoms with Gasteiger partial charge in [0, 0.05) is 40.3 Å². The summed E-state index contributed by atoms with van der Waals surface area (Å²) in [6, 6.07) is 0.504.